The highest BCUT2D eigenvalue weighted by molar-refractivity contribution is 8.25. The highest BCUT2D eigenvalue weighted by Crippen LogP contribution is 2.50. The Bertz CT molecular complexity index is 1160. The molecular formula is C29H43ClF2N4O4S. The van der Waals surface area contributed by atoms with Crippen LogP contribution in [0.3, 0.4) is 0 Å². The van der Waals surface area contributed by atoms with E-state index in [1.165, 1.54) is 12.5 Å². The van der Waals surface area contributed by atoms with E-state index >= 15 is 0 Å². The van der Waals surface area contributed by atoms with Crippen molar-refractivity contribution in [1.29, 1.82) is 0 Å². The fourth-order valence-electron chi connectivity index (χ4n) is 5.49. The maximum atomic E-state index is 14.0. The molecule has 2 fully saturated rings. The number of aliphatic hydroxyl groups excluding tert-OH is 1. The second-order valence-electron chi connectivity index (χ2n) is 10.8. The third kappa shape index (κ3) is 9.17. The Morgan fingerprint density at radius 3 is 2.49 bits per heavy atom. The molecule has 2 aliphatic rings. The zero-order valence-corrected chi connectivity index (χ0v) is 25.1. The van der Waals surface area contributed by atoms with Gasteiger partial charge < -0.3 is 21.1 Å². The quantitative estimate of drug-likeness (QED) is 0.192. The lowest BCUT2D eigenvalue weighted by Crippen LogP contribution is -2.50. The Balaban J connectivity index is 0.00000462. The molecule has 1 amide bonds. The minimum absolute atomic E-state index is 0. The molecule has 1 heterocycles. The summed E-state index contributed by atoms with van der Waals surface area (Å²) in [6, 6.07) is 8.18. The minimum Gasteiger partial charge on any atom is -0.390 e. The maximum absolute atomic E-state index is 14.0. The van der Waals surface area contributed by atoms with E-state index in [1.54, 1.807) is 22.5 Å². The molecule has 0 bridgehead atoms. The number of benzene rings is 2. The highest BCUT2D eigenvalue weighted by atomic mass is 35.5. The molecule has 0 radical (unpaired) electrons. The van der Waals surface area contributed by atoms with Gasteiger partial charge in [0.15, 0.2) is 11.6 Å². The van der Waals surface area contributed by atoms with Crippen LogP contribution in [-0.4, -0.2) is 63.7 Å². The van der Waals surface area contributed by atoms with Crippen LogP contribution in [0.1, 0.15) is 67.8 Å². The van der Waals surface area contributed by atoms with Crippen LogP contribution >= 0.6 is 23.2 Å². The van der Waals surface area contributed by atoms with E-state index in [-0.39, 0.29) is 36.7 Å². The molecule has 0 aromatic heterocycles. The van der Waals surface area contributed by atoms with Crippen LogP contribution in [0.15, 0.2) is 36.4 Å². The number of nitrogens with one attached hydrogen (secondary N) is 3. The van der Waals surface area contributed by atoms with Gasteiger partial charge >= 0.3 is 0 Å². The first-order valence-electron chi connectivity index (χ1n) is 14.2. The largest absolute Gasteiger partial charge is 0.390 e. The number of aliphatic hydroxyl groups is 1. The second kappa shape index (κ2) is 15.4. The van der Waals surface area contributed by atoms with Gasteiger partial charge in [-0.15, -0.1) is 23.2 Å². The van der Waals surface area contributed by atoms with E-state index in [1.807, 2.05) is 6.92 Å². The fourth-order valence-corrected chi connectivity index (χ4v) is 7.17. The monoisotopic (exact) mass is 616 g/mol. The number of anilines is 2. The van der Waals surface area contributed by atoms with Crippen molar-refractivity contribution < 1.29 is 27.8 Å². The van der Waals surface area contributed by atoms with Gasteiger partial charge in [-0.25, -0.2) is 8.78 Å². The van der Waals surface area contributed by atoms with Crippen LogP contribution in [0.25, 0.3) is 0 Å². The van der Waals surface area contributed by atoms with E-state index in [0.717, 1.165) is 50.7 Å². The first kappa shape index (κ1) is 33.4. The Morgan fingerprint density at radius 1 is 1.05 bits per heavy atom. The van der Waals surface area contributed by atoms with E-state index in [9.17, 15) is 27.8 Å². The molecule has 1 saturated carbocycles. The molecule has 1 aliphatic carbocycles. The van der Waals surface area contributed by atoms with Gasteiger partial charge in [0.1, 0.15) is 0 Å². The van der Waals surface area contributed by atoms with E-state index in [2.05, 4.69) is 16.0 Å². The molecule has 2 aromatic carbocycles. The first-order valence-corrected chi connectivity index (χ1v) is 15.9. The van der Waals surface area contributed by atoms with E-state index in [4.69, 9.17) is 0 Å². The maximum Gasteiger partial charge on any atom is 0.251 e. The van der Waals surface area contributed by atoms with Gasteiger partial charge in [0.2, 0.25) is 0 Å². The summed E-state index contributed by atoms with van der Waals surface area (Å²) in [7, 11) is -2.99. The van der Waals surface area contributed by atoms with Crippen molar-refractivity contribution in [2.75, 3.05) is 35.0 Å². The molecule has 8 nitrogen and oxygen atoms in total. The normalized spacial score (nSPS) is 19.5. The summed E-state index contributed by atoms with van der Waals surface area (Å²) in [6.07, 6.45) is 6.18. The van der Waals surface area contributed by atoms with Gasteiger partial charge in [0, 0.05) is 36.9 Å². The lowest BCUT2D eigenvalue weighted by Gasteiger charge is -2.47. The van der Waals surface area contributed by atoms with Crippen molar-refractivity contribution in [3.8, 4) is 0 Å². The average Bonchev–Trinajstić information content (AvgIpc) is 2.93. The Morgan fingerprint density at radius 2 is 1.80 bits per heavy atom. The number of amides is 1. The third-order valence-corrected chi connectivity index (χ3v) is 9.61. The minimum atomic E-state index is -2.99. The standard InChI is InChI=1S/C29H42F2N4O4S.ClH/c1-2-32-23-16-21(17-24(18-23)35-12-6-7-13-40(35,38)39)29(37)34-27(15-20-10-11-25(30)26(31)14-20)28(36)19-33-22-8-4-3-5-9-22;/h10-11,14,16-18,22,27-28,32-33,36,38-39H,2-9,12-13,15,19H2,1H3,(H,34,37);1H/t27-,28-;/m0./s1. The number of hydrogen-bond donors (Lipinski definition) is 6. The van der Waals surface area contributed by atoms with Crippen molar-refractivity contribution in [2.45, 2.75) is 76.5 Å². The predicted octanol–water partition coefficient (Wildman–Crippen LogP) is 5.71. The summed E-state index contributed by atoms with van der Waals surface area (Å²) in [5.74, 6) is -2.13. The molecule has 230 valence electrons. The Labute approximate surface area is 249 Å². The predicted molar refractivity (Wildman–Crippen MR) is 164 cm³/mol. The third-order valence-electron chi connectivity index (χ3n) is 7.67. The number of nitrogens with zero attached hydrogens (tertiary/aromatic N) is 1. The molecule has 2 aromatic rings. The van der Waals surface area contributed by atoms with Crippen LogP contribution in [0.4, 0.5) is 20.2 Å². The van der Waals surface area contributed by atoms with Crippen LogP contribution in [0.5, 0.6) is 0 Å². The highest BCUT2D eigenvalue weighted by Gasteiger charge is 2.29. The lowest BCUT2D eigenvalue weighted by molar-refractivity contribution is 0.0821. The van der Waals surface area contributed by atoms with Crippen LogP contribution < -0.4 is 20.3 Å². The van der Waals surface area contributed by atoms with E-state index in [0.29, 0.717) is 36.1 Å². The summed E-state index contributed by atoms with van der Waals surface area (Å²) in [5, 5.41) is 20.7. The number of rotatable bonds is 11. The first-order chi connectivity index (χ1) is 19.2. The topological polar surface area (TPSA) is 117 Å². The fraction of sp³-hybridized carbons (Fsp3) is 0.552. The lowest BCUT2D eigenvalue weighted by atomic mass is 9.94. The molecule has 2 atom stereocenters. The van der Waals surface area contributed by atoms with Gasteiger partial charge in [0.05, 0.1) is 23.6 Å². The average molecular weight is 617 g/mol. The SMILES string of the molecule is CCNc1cc(C(=O)N[C@@H](Cc2ccc(F)c(F)c2)[C@@H](O)CNC2CCCCC2)cc(N2CCCCS2(O)O)c1.Cl. The molecule has 0 spiro atoms. The molecule has 0 unspecified atom stereocenters. The van der Waals surface area contributed by atoms with Gasteiger partial charge in [-0.05, 0) is 74.9 Å². The summed E-state index contributed by atoms with van der Waals surface area (Å²) >= 11 is 0. The molecule has 1 saturated heterocycles. The second-order valence-corrected chi connectivity index (χ2v) is 12.9. The number of carbonyl (C=O) groups is 1. The Kier molecular flexibility index (Phi) is 12.5. The Hall–Kier alpha value is -2.15. The van der Waals surface area contributed by atoms with Crippen LogP contribution in [-0.2, 0) is 6.42 Å². The van der Waals surface area contributed by atoms with Crippen molar-refractivity contribution >= 4 is 40.5 Å². The van der Waals surface area contributed by atoms with E-state index < -0.39 is 40.5 Å². The summed E-state index contributed by atoms with van der Waals surface area (Å²) in [5.41, 5.74) is 1.92. The zero-order valence-electron chi connectivity index (χ0n) is 23.5. The summed E-state index contributed by atoms with van der Waals surface area (Å²) in [6.45, 7) is 3.24. The number of carbonyl (C=O) groups excluding carboxylic acids is 1. The molecule has 12 heteroatoms. The molecular weight excluding hydrogens is 574 g/mol. The smallest absolute Gasteiger partial charge is 0.251 e. The molecule has 4 rings (SSSR count). The van der Waals surface area contributed by atoms with Gasteiger partial charge in [-0.3, -0.25) is 18.2 Å². The van der Waals surface area contributed by atoms with Crippen molar-refractivity contribution in [3.63, 3.8) is 0 Å². The number of hydrogen-bond acceptors (Lipinski definition) is 7. The zero-order chi connectivity index (χ0) is 28.7. The molecule has 41 heavy (non-hydrogen) atoms. The molecule has 6 N–H and O–H groups in total. The summed E-state index contributed by atoms with van der Waals surface area (Å²) in [4.78, 5) is 13.6. The van der Waals surface area contributed by atoms with Crippen LogP contribution in [0, 0.1) is 11.6 Å². The van der Waals surface area contributed by atoms with Gasteiger partial charge in [0.25, 0.3) is 5.91 Å². The van der Waals surface area contributed by atoms with Crippen molar-refractivity contribution in [3.05, 3.63) is 59.2 Å². The van der Waals surface area contributed by atoms with Gasteiger partial charge in [-0.1, -0.05) is 25.3 Å². The number of halogens is 3. The van der Waals surface area contributed by atoms with Crippen molar-refractivity contribution in [2.24, 2.45) is 0 Å². The van der Waals surface area contributed by atoms with Crippen molar-refractivity contribution in [1.82, 2.24) is 10.6 Å². The van der Waals surface area contributed by atoms with Crippen LogP contribution in [0.2, 0.25) is 0 Å². The molecule has 1 aliphatic heterocycles. The summed E-state index contributed by atoms with van der Waals surface area (Å²) < 4.78 is 50.4. The van der Waals surface area contributed by atoms with Gasteiger partial charge in [-0.2, -0.15) is 0 Å².